The first-order valence-corrected chi connectivity index (χ1v) is 8.91. The number of aromatic nitrogens is 4. The molecule has 0 atom stereocenters. The normalized spacial score (nSPS) is 10.6. The van der Waals surface area contributed by atoms with Crippen molar-refractivity contribution in [2.45, 2.75) is 25.0 Å². The van der Waals surface area contributed by atoms with Crippen molar-refractivity contribution in [2.24, 2.45) is 7.05 Å². The van der Waals surface area contributed by atoms with E-state index in [9.17, 15) is 4.79 Å². The highest BCUT2D eigenvalue weighted by atomic mass is 32.2. The van der Waals surface area contributed by atoms with Crippen molar-refractivity contribution in [3.8, 4) is 11.5 Å². The Morgan fingerprint density at radius 2 is 2.04 bits per heavy atom. The quantitative estimate of drug-likeness (QED) is 0.626. The van der Waals surface area contributed by atoms with E-state index in [0.29, 0.717) is 41.9 Å². The summed E-state index contributed by atoms with van der Waals surface area (Å²) in [6, 6.07) is 5.69. The van der Waals surface area contributed by atoms with E-state index in [0.717, 1.165) is 5.56 Å². The minimum absolute atomic E-state index is 0.0971. The van der Waals surface area contributed by atoms with Gasteiger partial charge in [-0.3, -0.25) is 4.79 Å². The first kappa shape index (κ1) is 19.0. The molecule has 0 N–H and O–H groups in total. The van der Waals surface area contributed by atoms with Crippen LogP contribution < -0.4 is 9.47 Å². The fourth-order valence-corrected chi connectivity index (χ4v) is 3.08. The SMILES string of the molecule is CCN(Cc1ccc(OC)c(OC)c1)C(=O)CCSc1nnnn1C. The van der Waals surface area contributed by atoms with Crippen LogP contribution in [0, 0.1) is 0 Å². The summed E-state index contributed by atoms with van der Waals surface area (Å²) in [5, 5.41) is 12.0. The van der Waals surface area contributed by atoms with Crippen LogP contribution in [0.15, 0.2) is 23.4 Å². The first-order valence-electron chi connectivity index (χ1n) is 7.92. The number of aryl methyl sites for hydroxylation is 1. The van der Waals surface area contributed by atoms with Crippen LogP contribution >= 0.6 is 11.8 Å². The number of methoxy groups -OCH3 is 2. The Bertz CT molecular complexity index is 707. The maximum absolute atomic E-state index is 12.5. The number of carbonyl (C=O) groups is 1. The summed E-state index contributed by atoms with van der Waals surface area (Å²) < 4.78 is 12.2. The molecule has 0 aliphatic heterocycles. The monoisotopic (exact) mass is 365 g/mol. The minimum atomic E-state index is 0.0971. The molecule has 1 aromatic heterocycles. The minimum Gasteiger partial charge on any atom is -0.493 e. The summed E-state index contributed by atoms with van der Waals surface area (Å²) >= 11 is 1.47. The Kier molecular flexibility index (Phi) is 7.05. The molecule has 0 aliphatic carbocycles. The summed E-state index contributed by atoms with van der Waals surface area (Å²) in [5.41, 5.74) is 0.998. The van der Waals surface area contributed by atoms with Gasteiger partial charge in [0.1, 0.15) is 0 Å². The van der Waals surface area contributed by atoms with Crippen LogP contribution in [0.3, 0.4) is 0 Å². The van der Waals surface area contributed by atoms with Crippen LogP contribution in [0.5, 0.6) is 11.5 Å². The molecular formula is C16H23N5O3S. The van der Waals surface area contributed by atoms with Crippen LogP contribution in [0.4, 0.5) is 0 Å². The van der Waals surface area contributed by atoms with E-state index in [1.807, 2.05) is 30.0 Å². The van der Waals surface area contributed by atoms with Crippen LogP contribution in [0.1, 0.15) is 18.9 Å². The molecular weight excluding hydrogens is 342 g/mol. The molecule has 136 valence electrons. The predicted octanol–water partition coefficient (Wildman–Crippen LogP) is 1.76. The standard InChI is InChI=1S/C16H23N5O3S/c1-5-21(11-12-6-7-13(23-3)14(10-12)24-4)15(22)8-9-25-16-17-18-19-20(16)2/h6-7,10H,5,8-9,11H2,1-4H3. The van der Waals surface area contributed by atoms with Crippen molar-refractivity contribution < 1.29 is 14.3 Å². The number of tetrazole rings is 1. The molecule has 1 amide bonds. The predicted molar refractivity (Wildman–Crippen MR) is 94.8 cm³/mol. The summed E-state index contributed by atoms with van der Waals surface area (Å²) in [4.78, 5) is 14.3. The smallest absolute Gasteiger partial charge is 0.223 e. The topological polar surface area (TPSA) is 82.4 Å². The third kappa shape index (κ3) is 5.09. The Labute approximate surface area is 151 Å². The lowest BCUT2D eigenvalue weighted by Crippen LogP contribution is -2.30. The summed E-state index contributed by atoms with van der Waals surface area (Å²) in [7, 11) is 4.98. The van der Waals surface area contributed by atoms with Crippen molar-refractivity contribution in [1.82, 2.24) is 25.1 Å². The Morgan fingerprint density at radius 3 is 2.64 bits per heavy atom. The van der Waals surface area contributed by atoms with E-state index in [-0.39, 0.29) is 5.91 Å². The van der Waals surface area contributed by atoms with Gasteiger partial charge in [-0.1, -0.05) is 17.8 Å². The average Bonchev–Trinajstić information content (AvgIpc) is 3.04. The van der Waals surface area contributed by atoms with E-state index >= 15 is 0 Å². The molecule has 0 unspecified atom stereocenters. The van der Waals surface area contributed by atoms with Gasteiger partial charge in [0.05, 0.1) is 14.2 Å². The van der Waals surface area contributed by atoms with Gasteiger partial charge in [-0.15, -0.1) is 5.10 Å². The number of hydrogen-bond donors (Lipinski definition) is 0. The van der Waals surface area contributed by atoms with Gasteiger partial charge in [-0.25, -0.2) is 4.68 Å². The van der Waals surface area contributed by atoms with Gasteiger partial charge in [-0.2, -0.15) is 0 Å². The van der Waals surface area contributed by atoms with Gasteiger partial charge in [0.25, 0.3) is 0 Å². The van der Waals surface area contributed by atoms with Crippen LogP contribution in [0.2, 0.25) is 0 Å². The lowest BCUT2D eigenvalue weighted by Gasteiger charge is -2.21. The van der Waals surface area contributed by atoms with Crippen molar-refractivity contribution >= 4 is 17.7 Å². The van der Waals surface area contributed by atoms with Gasteiger partial charge in [0.2, 0.25) is 11.1 Å². The molecule has 0 bridgehead atoms. The van der Waals surface area contributed by atoms with E-state index in [2.05, 4.69) is 15.5 Å². The maximum atomic E-state index is 12.5. The molecule has 1 aromatic carbocycles. The van der Waals surface area contributed by atoms with Crippen LogP contribution in [0.25, 0.3) is 0 Å². The van der Waals surface area contributed by atoms with E-state index in [1.54, 1.807) is 25.9 Å². The number of thioether (sulfide) groups is 1. The number of nitrogens with zero attached hydrogens (tertiary/aromatic N) is 5. The number of benzene rings is 1. The second kappa shape index (κ2) is 9.26. The zero-order valence-electron chi connectivity index (χ0n) is 14.9. The van der Waals surface area contributed by atoms with Crippen LogP contribution in [-0.4, -0.2) is 57.5 Å². The first-order chi connectivity index (χ1) is 12.1. The highest BCUT2D eigenvalue weighted by Gasteiger charge is 2.14. The van der Waals surface area contributed by atoms with E-state index in [1.165, 1.54) is 11.8 Å². The number of hydrogen-bond acceptors (Lipinski definition) is 7. The van der Waals surface area contributed by atoms with Gasteiger partial charge >= 0.3 is 0 Å². The zero-order chi connectivity index (χ0) is 18.2. The largest absolute Gasteiger partial charge is 0.493 e. The highest BCUT2D eigenvalue weighted by molar-refractivity contribution is 7.99. The molecule has 0 fully saturated rings. The van der Waals surface area contributed by atoms with Gasteiger partial charge in [0, 0.05) is 32.3 Å². The summed E-state index contributed by atoms with van der Waals surface area (Å²) in [5.74, 6) is 2.07. The molecule has 2 aromatic rings. The number of carbonyl (C=O) groups excluding carboxylic acids is 1. The summed E-state index contributed by atoms with van der Waals surface area (Å²) in [6.07, 6.45) is 0.429. The lowest BCUT2D eigenvalue weighted by atomic mass is 10.2. The van der Waals surface area contributed by atoms with E-state index < -0.39 is 0 Å². The Morgan fingerprint density at radius 1 is 1.28 bits per heavy atom. The number of rotatable bonds is 9. The fraction of sp³-hybridized carbons (Fsp3) is 0.500. The molecule has 0 aliphatic rings. The summed E-state index contributed by atoms with van der Waals surface area (Å²) in [6.45, 7) is 3.15. The van der Waals surface area contributed by atoms with E-state index in [4.69, 9.17) is 9.47 Å². The third-order valence-corrected chi connectivity index (χ3v) is 4.70. The van der Waals surface area contributed by atoms with Gasteiger partial charge in [0.15, 0.2) is 11.5 Å². The molecule has 25 heavy (non-hydrogen) atoms. The zero-order valence-corrected chi connectivity index (χ0v) is 15.7. The third-order valence-electron chi connectivity index (χ3n) is 3.68. The lowest BCUT2D eigenvalue weighted by molar-refractivity contribution is -0.131. The van der Waals surface area contributed by atoms with Gasteiger partial charge in [-0.05, 0) is 35.0 Å². The average molecular weight is 365 g/mol. The van der Waals surface area contributed by atoms with Crippen molar-refractivity contribution in [1.29, 1.82) is 0 Å². The second-order valence-corrected chi connectivity index (χ2v) is 6.34. The van der Waals surface area contributed by atoms with Crippen molar-refractivity contribution in [3.63, 3.8) is 0 Å². The van der Waals surface area contributed by atoms with Crippen LogP contribution in [-0.2, 0) is 18.4 Å². The second-order valence-electron chi connectivity index (χ2n) is 5.28. The molecule has 0 radical (unpaired) electrons. The molecule has 2 rings (SSSR count). The molecule has 0 saturated carbocycles. The number of ether oxygens (including phenoxy) is 2. The van der Waals surface area contributed by atoms with Crippen molar-refractivity contribution in [3.05, 3.63) is 23.8 Å². The van der Waals surface area contributed by atoms with Crippen molar-refractivity contribution in [2.75, 3.05) is 26.5 Å². The Balaban J connectivity index is 1.92. The molecule has 8 nitrogen and oxygen atoms in total. The Hall–Kier alpha value is -2.29. The maximum Gasteiger partial charge on any atom is 0.223 e. The molecule has 0 saturated heterocycles. The van der Waals surface area contributed by atoms with Gasteiger partial charge < -0.3 is 14.4 Å². The molecule has 0 spiro atoms. The highest BCUT2D eigenvalue weighted by Crippen LogP contribution is 2.28. The molecule has 9 heteroatoms. The fourth-order valence-electron chi connectivity index (χ4n) is 2.31. The number of amides is 1. The molecule has 1 heterocycles.